The normalized spacial score (nSPS) is 26.7. The summed E-state index contributed by atoms with van der Waals surface area (Å²) >= 11 is 0. The van der Waals surface area contributed by atoms with Crippen LogP contribution in [0.15, 0.2) is 46.0 Å². The molecule has 0 spiro atoms. The van der Waals surface area contributed by atoms with Gasteiger partial charge in [-0.3, -0.25) is 14.6 Å². The number of aryl methyl sites for hydroxylation is 1. The molecule has 4 atom stereocenters. The molecule has 1 aromatic rings. The number of allylic oxidation sites excluding steroid dienone is 1. The van der Waals surface area contributed by atoms with E-state index in [0.717, 1.165) is 16.7 Å². The lowest BCUT2D eigenvalue weighted by molar-refractivity contribution is -0.148. The fourth-order valence-electron chi connectivity index (χ4n) is 3.72. The summed E-state index contributed by atoms with van der Waals surface area (Å²) in [5, 5.41) is 6.09. The highest BCUT2D eigenvalue weighted by atomic mass is 16.5. The van der Waals surface area contributed by atoms with Gasteiger partial charge in [0.1, 0.15) is 0 Å². The lowest BCUT2D eigenvalue weighted by Gasteiger charge is -2.39. The minimum Gasteiger partial charge on any atom is -0.466 e. The first kappa shape index (κ1) is 18.7. The molecule has 1 amide bonds. The number of benzene rings is 1. The predicted molar refractivity (Wildman–Crippen MR) is 99.8 cm³/mol. The fraction of sp³-hybridized carbons (Fsp3) is 0.421. The van der Waals surface area contributed by atoms with Crippen LogP contribution in [-0.4, -0.2) is 30.5 Å². The van der Waals surface area contributed by atoms with Gasteiger partial charge in [0.2, 0.25) is 12.2 Å². The van der Waals surface area contributed by atoms with E-state index in [0.29, 0.717) is 5.71 Å². The first-order valence-electron chi connectivity index (χ1n) is 8.80. The van der Waals surface area contributed by atoms with E-state index in [1.54, 1.807) is 13.0 Å². The lowest BCUT2D eigenvalue weighted by Crippen LogP contribution is -2.51. The number of hydrogen-bond donors (Lipinski definition) is 1. The Hall–Kier alpha value is -3.12. The van der Waals surface area contributed by atoms with Crippen molar-refractivity contribution in [3.05, 3.63) is 57.5 Å². The Morgan fingerprint density at radius 3 is 2.67 bits per heavy atom. The Morgan fingerprint density at radius 1 is 1.33 bits per heavy atom. The molecule has 2 aliphatic rings. The van der Waals surface area contributed by atoms with Crippen molar-refractivity contribution >= 4 is 17.6 Å². The van der Waals surface area contributed by atoms with Crippen LogP contribution in [0.25, 0.3) is 10.4 Å². The summed E-state index contributed by atoms with van der Waals surface area (Å²) in [4.78, 5) is 32.6. The van der Waals surface area contributed by atoms with Gasteiger partial charge in [-0.15, -0.1) is 0 Å². The summed E-state index contributed by atoms with van der Waals surface area (Å²) < 4.78 is 5.28. The molecular weight excluding hydrogens is 346 g/mol. The second kappa shape index (κ2) is 7.63. The van der Waals surface area contributed by atoms with E-state index in [1.165, 1.54) is 0 Å². The second-order valence-electron chi connectivity index (χ2n) is 6.67. The van der Waals surface area contributed by atoms with Gasteiger partial charge in [0, 0.05) is 10.8 Å². The number of amides is 1. The monoisotopic (exact) mass is 367 g/mol. The molecule has 1 aliphatic heterocycles. The van der Waals surface area contributed by atoms with Crippen LogP contribution in [0.1, 0.15) is 30.9 Å². The molecule has 1 N–H and O–H groups in total. The number of aliphatic imine (C=N–C) groups is 1. The van der Waals surface area contributed by atoms with Gasteiger partial charge < -0.3 is 10.1 Å². The van der Waals surface area contributed by atoms with Crippen molar-refractivity contribution in [1.82, 2.24) is 5.32 Å². The van der Waals surface area contributed by atoms with Crippen molar-refractivity contribution in [2.45, 2.75) is 33.0 Å². The summed E-state index contributed by atoms with van der Waals surface area (Å²) in [6, 6.07) is 7.75. The quantitative estimate of drug-likeness (QED) is 0.381. The molecule has 8 heteroatoms. The molecular formula is C19H21N5O3. The lowest BCUT2D eigenvalue weighted by atomic mass is 9.67. The van der Waals surface area contributed by atoms with Crippen molar-refractivity contribution < 1.29 is 14.3 Å². The van der Waals surface area contributed by atoms with Crippen LogP contribution >= 0.6 is 0 Å². The second-order valence-corrected chi connectivity index (χ2v) is 6.67. The molecule has 0 aromatic heterocycles. The summed E-state index contributed by atoms with van der Waals surface area (Å²) in [7, 11) is 0. The van der Waals surface area contributed by atoms with E-state index in [-0.39, 0.29) is 18.5 Å². The van der Waals surface area contributed by atoms with Gasteiger partial charge in [0.25, 0.3) is 0 Å². The maximum Gasteiger partial charge on any atom is 0.313 e. The summed E-state index contributed by atoms with van der Waals surface area (Å²) in [6.45, 7) is 5.82. The Morgan fingerprint density at radius 2 is 2.04 bits per heavy atom. The van der Waals surface area contributed by atoms with E-state index in [9.17, 15) is 9.59 Å². The third-order valence-electron chi connectivity index (χ3n) is 4.89. The van der Waals surface area contributed by atoms with E-state index in [2.05, 4.69) is 20.3 Å². The molecule has 8 nitrogen and oxygen atoms in total. The van der Waals surface area contributed by atoms with E-state index in [1.807, 2.05) is 38.1 Å². The molecule has 0 saturated heterocycles. The Bertz CT molecular complexity index is 868. The Labute approximate surface area is 156 Å². The van der Waals surface area contributed by atoms with Gasteiger partial charge in [-0.25, -0.2) is 0 Å². The number of rotatable bonds is 4. The topological polar surface area (TPSA) is 117 Å². The van der Waals surface area contributed by atoms with Crippen LogP contribution < -0.4 is 5.32 Å². The molecule has 1 heterocycles. The molecule has 140 valence electrons. The molecule has 4 unspecified atom stereocenters. The average Bonchev–Trinajstić information content (AvgIpc) is 2.61. The van der Waals surface area contributed by atoms with Crippen LogP contribution in [0.3, 0.4) is 0 Å². The maximum absolute atomic E-state index is 12.8. The minimum absolute atomic E-state index is 0.264. The number of fused-ring (bicyclic) bond motifs is 1. The number of esters is 1. The third-order valence-corrected chi connectivity index (χ3v) is 4.89. The number of nitrogens with one attached hydrogen (secondary N) is 1. The van der Waals surface area contributed by atoms with Crippen LogP contribution in [0, 0.1) is 18.8 Å². The van der Waals surface area contributed by atoms with Gasteiger partial charge in [-0.1, -0.05) is 35.4 Å². The highest BCUT2D eigenvalue weighted by Gasteiger charge is 2.47. The molecule has 0 fully saturated rings. The van der Waals surface area contributed by atoms with Gasteiger partial charge in [-0.2, -0.15) is 0 Å². The number of ether oxygens (including phenoxy) is 1. The zero-order chi connectivity index (χ0) is 19.6. The molecule has 1 aromatic carbocycles. The summed E-state index contributed by atoms with van der Waals surface area (Å²) in [6.07, 6.45) is 0.755. The number of carbonyl (C=O) groups excluding carboxylic acids is 2. The standard InChI is InChI=1S/C19H21N5O3/c1-4-27-18(26)14-11(3)9-13-16(17(25)22-19(21-13)23-24-20)15(14)12-7-5-10(2)6-8-12/h5-9,14-16,19H,4H2,1-3H3,(H,22,25). The number of carbonyl (C=O) groups is 2. The zero-order valence-corrected chi connectivity index (χ0v) is 15.4. The third kappa shape index (κ3) is 3.57. The van der Waals surface area contributed by atoms with E-state index >= 15 is 0 Å². The van der Waals surface area contributed by atoms with Crippen LogP contribution in [0.2, 0.25) is 0 Å². The first-order valence-corrected chi connectivity index (χ1v) is 8.80. The van der Waals surface area contributed by atoms with Gasteiger partial charge >= 0.3 is 5.97 Å². The Balaban J connectivity index is 2.14. The highest BCUT2D eigenvalue weighted by molar-refractivity contribution is 6.14. The maximum atomic E-state index is 12.8. The van der Waals surface area contributed by atoms with Crippen molar-refractivity contribution in [1.29, 1.82) is 0 Å². The SMILES string of the molecule is CCOC(=O)C1C(C)=CC2=NC(N=[N+]=[N-])NC(=O)C2C1c1ccc(C)cc1. The number of azide groups is 1. The van der Waals surface area contributed by atoms with Crippen molar-refractivity contribution in [2.75, 3.05) is 6.61 Å². The molecule has 0 radical (unpaired) electrons. The summed E-state index contributed by atoms with van der Waals surface area (Å²) in [5.74, 6) is -2.36. The van der Waals surface area contributed by atoms with Crippen molar-refractivity contribution in [3.8, 4) is 0 Å². The largest absolute Gasteiger partial charge is 0.466 e. The highest BCUT2D eigenvalue weighted by Crippen LogP contribution is 2.43. The Kier molecular flexibility index (Phi) is 5.28. The molecule has 3 rings (SSSR count). The van der Waals surface area contributed by atoms with E-state index in [4.69, 9.17) is 10.3 Å². The first-order chi connectivity index (χ1) is 13.0. The van der Waals surface area contributed by atoms with Gasteiger partial charge in [-0.05, 0) is 43.1 Å². The summed E-state index contributed by atoms with van der Waals surface area (Å²) in [5.41, 5.74) is 11.9. The average molecular weight is 367 g/mol. The molecule has 0 saturated carbocycles. The molecule has 0 bridgehead atoms. The zero-order valence-electron chi connectivity index (χ0n) is 15.4. The van der Waals surface area contributed by atoms with Crippen LogP contribution in [0.4, 0.5) is 0 Å². The van der Waals surface area contributed by atoms with Crippen molar-refractivity contribution in [2.24, 2.45) is 21.9 Å². The van der Waals surface area contributed by atoms with Crippen molar-refractivity contribution in [3.63, 3.8) is 0 Å². The number of hydrogen-bond acceptors (Lipinski definition) is 5. The van der Waals surface area contributed by atoms with Crippen LogP contribution in [0.5, 0.6) is 0 Å². The fourth-order valence-corrected chi connectivity index (χ4v) is 3.72. The minimum atomic E-state index is -0.976. The van der Waals surface area contributed by atoms with Gasteiger partial charge in [0.15, 0.2) is 0 Å². The van der Waals surface area contributed by atoms with Gasteiger partial charge in [0.05, 0.1) is 24.2 Å². The molecule has 27 heavy (non-hydrogen) atoms. The van der Waals surface area contributed by atoms with E-state index < -0.39 is 24.0 Å². The molecule has 1 aliphatic carbocycles. The smallest absolute Gasteiger partial charge is 0.313 e. The predicted octanol–water partition coefficient (Wildman–Crippen LogP) is 3.00. The van der Waals surface area contributed by atoms with Crippen LogP contribution in [-0.2, 0) is 14.3 Å². The number of nitrogens with zero attached hydrogens (tertiary/aromatic N) is 4.